The van der Waals surface area contributed by atoms with E-state index in [1.54, 1.807) is 0 Å². The van der Waals surface area contributed by atoms with Gasteiger partial charge in [0.1, 0.15) is 5.54 Å². The number of hydrogen-bond acceptors (Lipinski definition) is 2. The van der Waals surface area contributed by atoms with E-state index in [1.165, 1.54) is 0 Å². The van der Waals surface area contributed by atoms with Crippen LogP contribution in [0.2, 0.25) is 0 Å². The molecular formula is C11H23NO2. The second-order valence-electron chi connectivity index (χ2n) is 4.02. The molecule has 1 atom stereocenters. The molecule has 0 saturated carbocycles. The van der Waals surface area contributed by atoms with Gasteiger partial charge in [-0.3, -0.25) is 4.79 Å². The first-order chi connectivity index (χ1) is 6.56. The molecule has 0 aliphatic rings. The number of hydrogen-bond donors (Lipinski definition) is 2. The third-order valence-electron chi connectivity index (χ3n) is 2.63. The summed E-state index contributed by atoms with van der Waals surface area (Å²) in [7, 11) is 0. The van der Waals surface area contributed by atoms with E-state index in [4.69, 9.17) is 10.8 Å². The van der Waals surface area contributed by atoms with Gasteiger partial charge < -0.3 is 10.8 Å². The van der Waals surface area contributed by atoms with Crippen LogP contribution in [-0.2, 0) is 4.79 Å². The molecule has 0 radical (unpaired) electrons. The lowest BCUT2D eigenvalue weighted by atomic mass is 9.88. The van der Waals surface area contributed by atoms with Crippen molar-refractivity contribution in [3.8, 4) is 0 Å². The summed E-state index contributed by atoms with van der Waals surface area (Å²) in [4.78, 5) is 11.0. The summed E-state index contributed by atoms with van der Waals surface area (Å²) in [5.41, 5.74) is 4.89. The zero-order chi connectivity index (χ0) is 11.0. The Morgan fingerprint density at radius 1 is 1.14 bits per heavy atom. The Morgan fingerprint density at radius 3 is 2.07 bits per heavy atom. The molecule has 0 aliphatic heterocycles. The maximum absolute atomic E-state index is 11.0. The maximum Gasteiger partial charge on any atom is 0.323 e. The van der Waals surface area contributed by atoms with Crippen molar-refractivity contribution >= 4 is 5.97 Å². The highest BCUT2D eigenvalue weighted by Gasteiger charge is 2.32. The van der Waals surface area contributed by atoms with Gasteiger partial charge in [0, 0.05) is 0 Å². The second-order valence-corrected chi connectivity index (χ2v) is 4.02. The molecule has 3 N–H and O–H groups in total. The molecular weight excluding hydrogens is 178 g/mol. The van der Waals surface area contributed by atoms with Crippen molar-refractivity contribution < 1.29 is 9.90 Å². The monoisotopic (exact) mass is 201 g/mol. The SMILES string of the molecule is CCCCC[C@@](N)(CCCC)C(=O)O. The minimum absolute atomic E-state index is 0.600. The molecule has 0 aromatic heterocycles. The van der Waals surface area contributed by atoms with E-state index in [1.807, 2.05) is 6.92 Å². The molecule has 0 amide bonds. The Labute approximate surface area is 86.7 Å². The first-order valence-corrected chi connectivity index (χ1v) is 5.59. The summed E-state index contributed by atoms with van der Waals surface area (Å²) < 4.78 is 0. The van der Waals surface area contributed by atoms with Crippen LogP contribution in [0.4, 0.5) is 0 Å². The van der Waals surface area contributed by atoms with E-state index < -0.39 is 11.5 Å². The average Bonchev–Trinajstić information content (AvgIpc) is 2.15. The topological polar surface area (TPSA) is 63.3 Å². The van der Waals surface area contributed by atoms with Gasteiger partial charge in [-0.05, 0) is 12.8 Å². The van der Waals surface area contributed by atoms with Crippen LogP contribution in [0.15, 0.2) is 0 Å². The Hall–Kier alpha value is -0.570. The predicted molar refractivity (Wildman–Crippen MR) is 58.2 cm³/mol. The van der Waals surface area contributed by atoms with Crippen LogP contribution in [-0.4, -0.2) is 16.6 Å². The van der Waals surface area contributed by atoms with Crippen LogP contribution in [0.25, 0.3) is 0 Å². The van der Waals surface area contributed by atoms with E-state index in [0.29, 0.717) is 12.8 Å². The molecule has 0 spiro atoms. The number of unbranched alkanes of at least 4 members (excludes halogenated alkanes) is 3. The number of carboxylic acid groups (broad SMARTS) is 1. The van der Waals surface area contributed by atoms with Crippen molar-refractivity contribution in [2.75, 3.05) is 0 Å². The molecule has 3 heteroatoms. The summed E-state index contributed by atoms with van der Waals surface area (Å²) in [5.74, 6) is -0.845. The van der Waals surface area contributed by atoms with Gasteiger partial charge >= 0.3 is 5.97 Å². The molecule has 0 unspecified atom stereocenters. The second kappa shape index (κ2) is 6.82. The molecule has 0 bridgehead atoms. The standard InChI is InChI=1S/C11H23NO2/c1-3-5-7-9-11(12,10(13)14)8-6-4-2/h3-9,12H2,1-2H3,(H,13,14)/t11-/m0/s1. The van der Waals surface area contributed by atoms with Crippen LogP contribution in [0, 0.1) is 0 Å². The van der Waals surface area contributed by atoms with Gasteiger partial charge in [-0.2, -0.15) is 0 Å². The van der Waals surface area contributed by atoms with E-state index in [2.05, 4.69) is 6.92 Å². The third-order valence-corrected chi connectivity index (χ3v) is 2.63. The van der Waals surface area contributed by atoms with Crippen molar-refractivity contribution in [2.24, 2.45) is 5.73 Å². The van der Waals surface area contributed by atoms with Crippen molar-refractivity contribution in [1.29, 1.82) is 0 Å². The van der Waals surface area contributed by atoms with E-state index >= 15 is 0 Å². The third kappa shape index (κ3) is 4.61. The van der Waals surface area contributed by atoms with Crippen molar-refractivity contribution in [3.05, 3.63) is 0 Å². The smallest absolute Gasteiger partial charge is 0.323 e. The fourth-order valence-corrected chi connectivity index (χ4v) is 1.52. The molecule has 0 aromatic rings. The first-order valence-electron chi connectivity index (χ1n) is 5.59. The van der Waals surface area contributed by atoms with Crippen molar-refractivity contribution in [2.45, 2.75) is 64.3 Å². The Balaban J connectivity index is 4.03. The lowest BCUT2D eigenvalue weighted by Crippen LogP contribution is -2.47. The Morgan fingerprint density at radius 2 is 1.64 bits per heavy atom. The molecule has 0 rings (SSSR count). The molecule has 14 heavy (non-hydrogen) atoms. The highest BCUT2D eigenvalue weighted by Crippen LogP contribution is 2.19. The fraction of sp³-hybridized carbons (Fsp3) is 0.909. The van der Waals surface area contributed by atoms with Gasteiger partial charge in [-0.25, -0.2) is 0 Å². The zero-order valence-electron chi connectivity index (χ0n) is 9.38. The largest absolute Gasteiger partial charge is 0.480 e. The van der Waals surface area contributed by atoms with Crippen molar-refractivity contribution in [3.63, 3.8) is 0 Å². The molecule has 0 fully saturated rings. The average molecular weight is 201 g/mol. The zero-order valence-corrected chi connectivity index (χ0v) is 9.38. The number of carbonyl (C=O) groups is 1. The molecule has 0 aliphatic carbocycles. The summed E-state index contributed by atoms with van der Waals surface area (Å²) in [6.45, 7) is 4.15. The van der Waals surface area contributed by atoms with Crippen LogP contribution in [0.5, 0.6) is 0 Å². The van der Waals surface area contributed by atoms with Gasteiger partial charge in [-0.1, -0.05) is 46.0 Å². The summed E-state index contributed by atoms with van der Waals surface area (Å²) in [6.07, 6.45) is 6.19. The summed E-state index contributed by atoms with van der Waals surface area (Å²) >= 11 is 0. The van der Waals surface area contributed by atoms with Gasteiger partial charge in [0.2, 0.25) is 0 Å². The van der Waals surface area contributed by atoms with E-state index in [9.17, 15) is 4.79 Å². The van der Waals surface area contributed by atoms with E-state index in [0.717, 1.165) is 32.1 Å². The highest BCUT2D eigenvalue weighted by molar-refractivity contribution is 5.78. The summed E-state index contributed by atoms with van der Waals surface area (Å²) in [5, 5.41) is 9.03. The Bertz CT molecular complexity index is 171. The van der Waals surface area contributed by atoms with Crippen LogP contribution in [0.3, 0.4) is 0 Å². The quantitative estimate of drug-likeness (QED) is 0.593. The maximum atomic E-state index is 11.0. The number of rotatable bonds is 8. The van der Waals surface area contributed by atoms with Gasteiger partial charge in [0.05, 0.1) is 0 Å². The molecule has 3 nitrogen and oxygen atoms in total. The molecule has 0 aromatic carbocycles. The van der Waals surface area contributed by atoms with Crippen LogP contribution in [0.1, 0.15) is 58.8 Å². The number of nitrogens with two attached hydrogens (primary N) is 1. The molecule has 0 heterocycles. The first kappa shape index (κ1) is 13.4. The lowest BCUT2D eigenvalue weighted by Gasteiger charge is -2.24. The minimum Gasteiger partial charge on any atom is -0.480 e. The summed E-state index contributed by atoms with van der Waals surface area (Å²) in [6, 6.07) is 0. The Kier molecular flexibility index (Phi) is 6.54. The number of aliphatic carboxylic acids is 1. The van der Waals surface area contributed by atoms with Gasteiger partial charge in [0.15, 0.2) is 0 Å². The van der Waals surface area contributed by atoms with Crippen LogP contribution < -0.4 is 5.73 Å². The van der Waals surface area contributed by atoms with E-state index in [-0.39, 0.29) is 0 Å². The normalized spacial score (nSPS) is 15.1. The molecule has 0 saturated heterocycles. The highest BCUT2D eigenvalue weighted by atomic mass is 16.4. The van der Waals surface area contributed by atoms with Crippen molar-refractivity contribution in [1.82, 2.24) is 0 Å². The van der Waals surface area contributed by atoms with Gasteiger partial charge in [0.25, 0.3) is 0 Å². The fourth-order valence-electron chi connectivity index (χ4n) is 1.52. The predicted octanol–water partition coefficient (Wildman–Crippen LogP) is 2.54. The lowest BCUT2D eigenvalue weighted by molar-refractivity contribution is -0.144. The minimum atomic E-state index is -0.981. The van der Waals surface area contributed by atoms with Gasteiger partial charge in [-0.15, -0.1) is 0 Å². The number of carboxylic acids is 1. The van der Waals surface area contributed by atoms with Crippen LogP contribution >= 0.6 is 0 Å². The molecule has 84 valence electrons.